The number of hydrogen-bond acceptors (Lipinski definition) is 3. The quantitative estimate of drug-likeness (QED) is 0.0443. The molecular weight excluding hydrogens is 532 g/mol. The van der Waals surface area contributed by atoms with Crippen molar-refractivity contribution in [1.29, 1.82) is 0 Å². The van der Waals surface area contributed by atoms with Gasteiger partial charge in [0.2, 0.25) is 0 Å². The first kappa shape index (κ1) is 41.7. The minimum absolute atomic E-state index is 0.0284. The van der Waals surface area contributed by atoms with Gasteiger partial charge in [0.1, 0.15) is 6.10 Å². The van der Waals surface area contributed by atoms with Gasteiger partial charge in [0.05, 0.1) is 0 Å². The van der Waals surface area contributed by atoms with Crippen LogP contribution in [0.3, 0.4) is 0 Å². The highest BCUT2D eigenvalue weighted by Gasteiger charge is 2.13. The number of unbranched alkanes of at least 4 members (excludes halogenated alkanes) is 24. The summed E-state index contributed by atoms with van der Waals surface area (Å²) < 4.78 is 5.87. The van der Waals surface area contributed by atoms with Crippen LogP contribution in [0.2, 0.25) is 0 Å². The van der Waals surface area contributed by atoms with Gasteiger partial charge < -0.3 is 9.84 Å². The van der Waals surface area contributed by atoms with Gasteiger partial charge in [0, 0.05) is 12.8 Å². The van der Waals surface area contributed by atoms with E-state index in [1.807, 2.05) is 0 Å². The molecule has 0 aromatic rings. The number of carbonyl (C=O) groups excluding carboxylic acids is 1. The number of carbonyl (C=O) groups is 2. The van der Waals surface area contributed by atoms with Gasteiger partial charge in [0.15, 0.2) is 0 Å². The maximum absolute atomic E-state index is 12.4. The summed E-state index contributed by atoms with van der Waals surface area (Å²) in [6, 6.07) is 0. The van der Waals surface area contributed by atoms with Crippen molar-refractivity contribution >= 4 is 11.9 Å². The van der Waals surface area contributed by atoms with Gasteiger partial charge >= 0.3 is 11.9 Å². The molecule has 0 bridgehead atoms. The smallest absolute Gasteiger partial charge is 0.306 e. The lowest BCUT2D eigenvalue weighted by Crippen LogP contribution is -2.18. The van der Waals surface area contributed by atoms with Crippen molar-refractivity contribution in [1.82, 2.24) is 0 Å². The highest BCUT2D eigenvalue weighted by Crippen LogP contribution is 2.18. The molecule has 1 N–H and O–H groups in total. The minimum atomic E-state index is -0.662. The summed E-state index contributed by atoms with van der Waals surface area (Å²) in [5.74, 6) is -0.633. The van der Waals surface area contributed by atoms with Crippen molar-refractivity contribution in [2.24, 2.45) is 0 Å². The Morgan fingerprint density at radius 3 is 1.33 bits per heavy atom. The van der Waals surface area contributed by atoms with Crippen molar-refractivity contribution in [2.45, 2.75) is 225 Å². The normalized spacial score (nSPS) is 12.2. The molecule has 1 unspecified atom stereocenters. The molecule has 0 amide bonds. The van der Waals surface area contributed by atoms with Gasteiger partial charge in [-0.15, -0.1) is 0 Å². The molecule has 0 radical (unpaired) electrons. The molecule has 4 nitrogen and oxygen atoms in total. The molecule has 0 fully saturated rings. The van der Waals surface area contributed by atoms with Crippen LogP contribution in [0.15, 0.2) is 12.2 Å². The standard InChI is InChI=1S/C39H74O4/c1-3-5-6-7-8-9-10-20-23-26-29-32-36-39(42)43-37(33-4-2)34-30-27-24-21-18-16-14-12-11-13-15-17-19-22-25-28-31-35-38(40)41/h7-8,37H,3-6,9-36H2,1-2H3,(H,40,41)/b8-7-. The van der Waals surface area contributed by atoms with E-state index in [1.165, 1.54) is 148 Å². The predicted octanol–water partition coefficient (Wildman–Crippen LogP) is 13.1. The first-order valence-corrected chi connectivity index (χ1v) is 19.2. The number of aliphatic carboxylic acids is 1. The maximum atomic E-state index is 12.4. The average molecular weight is 607 g/mol. The molecule has 0 saturated heterocycles. The van der Waals surface area contributed by atoms with Gasteiger partial charge in [-0.1, -0.05) is 167 Å². The summed E-state index contributed by atoms with van der Waals surface area (Å²) in [5.41, 5.74) is 0. The largest absolute Gasteiger partial charge is 0.481 e. The Morgan fingerprint density at radius 2 is 0.884 bits per heavy atom. The van der Waals surface area contributed by atoms with E-state index in [9.17, 15) is 9.59 Å². The highest BCUT2D eigenvalue weighted by atomic mass is 16.5. The number of allylic oxidation sites excluding steroid dienone is 2. The van der Waals surface area contributed by atoms with Gasteiger partial charge in [0.25, 0.3) is 0 Å². The number of ether oxygens (including phenoxy) is 1. The molecule has 0 aliphatic heterocycles. The van der Waals surface area contributed by atoms with Gasteiger partial charge in [-0.25, -0.2) is 0 Å². The average Bonchev–Trinajstić information content (AvgIpc) is 2.98. The van der Waals surface area contributed by atoms with Crippen LogP contribution in [-0.2, 0) is 14.3 Å². The fraction of sp³-hybridized carbons (Fsp3) is 0.897. The molecule has 254 valence electrons. The lowest BCUT2D eigenvalue weighted by molar-refractivity contribution is -0.150. The van der Waals surface area contributed by atoms with Gasteiger partial charge in [-0.05, 0) is 51.4 Å². The number of carboxylic acids is 1. The molecule has 0 rings (SSSR count). The van der Waals surface area contributed by atoms with E-state index in [2.05, 4.69) is 26.0 Å². The summed E-state index contributed by atoms with van der Waals surface area (Å²) in [4.78, 5) is 22.9. The molecule has 0 heterocycles. The second-order valence-electron chi connectivity index (χ2n) is 13.1. The number of rotatable bonds is 35. The van der Waals surface area contributed by atoms with Crippen molar-refractivity contribution < 1.29 is 19.4 Å². The van der Waals surface area contributed by atoms with E-state index in [0.717, 1.165) is 44.9 Å². The van der Waals surface area contributed by atoms with Crippen LogP contribution in [0.4, 0.5) is 0 Å². The van der Waals surface area contributed by atoms with Gasteiger partial charge in [-0.2, -0.15) is 0 Å². The van der Waals surface area contributed by atoms with Crippen molar-refractivity contribution in [3.8, 4) is 0 Å². The summed E-state index contributed by atoms with van der Waals surface area (Å²) >= 11 is 0. The summed E-state index contributed by atoms with van der Waals surface area (Å²) in [5, 5.41) is 8.65. The topological polar surface area (TPSA) is 63.6 Å². The minimum Gasteiger partial charge on any atom is -0.481 e. The molecule has 0 spiro atoms. The van der Waals surface area contributed by atoms with E-state index in [-0.39, 0.29) is 12.1 Å². The van der Waals surface area contributed by atoms with Crippen LogP contribution in [0.5, 0.6) is 0 Å². The Balaban J connectivity index is 3.49. The van der Waals surface area contributed by atoms with Gasteiger partial charge in [-0.3, -0.25) is 9.59 Å². The Kier molecular flexibility index (Phi) is 34.1. The van der Waals surface area contributed by atoms with Crippen LogP contribution >= 0.6 is 0 Å². The molecule has 0 aliphatic rings. The van der Waals surface area contributed by atoms with Crippen LogP contribution in [0, 0.1) is 0 Å². The summed E-state index contributed by atoms with van der Waals surface area (Å²) in [6.07, 6.45) is 43.0. The lowest BCUT2D eigenvalue weighted by atomic mass is 10.0. The summed E-state index contributed by atoms with van der Waals surface area (Å²) in [7, 11) is 0. The molecule has 0 saturated carbocycles. The fourth-order valence-corrected chi connectivity index (χ4v) is 5.93. The molecule has 43 heavy (non-hydrogen) atoms. The maximum Gasteiger partial charge on any atom is 0.306 e. The van der Waals surface area contributed by atoms with Crippen LogP contribution in [0.1, 0.15) is 219 Å². The van der Waals surface area contributed by atoms with Crippen LogP contribution in [0.25, 0.3) is 0 Å². The predicted molar refractivity (Wildman–Crippen MR) is 186 cm³/mol. The van der Waals surface area contributed by atoms with E-state index in [0.29, 0.717) is 12.8 Å². The van der Waals surface area contributed by atoms with E-state index >= 15 is 0 Å². The Morgan fingerprint density at radius 1 is 0.488 bits per heavy atom. The molecule has 1 atom stereocenters. The van der Waals surface area contributed by atoms with E-state index < -0.39 is 5.97 Å². The third-order valence-electron chi connectivity index (χ3n) is 8.72. The zero-order valence-electron chi connectivity index (χ0n) is 29.0. The first-order valence-electron chi connectivity index (χ1n) is 19.2. The van der Waals surface area contributed by atoms with Crippen LogP contribution in [-0.4, -0.2) is 23.1 Å². The third kappa shape index (κ3) is 35.0. The number of esters is 1. The molecular formula is C39H74O4. The van der Waals surface area contributed by atoms with E-state index in [1.54, 1.807) is 0 Å². The summed E-state index contributed by atoms with van der Waals surface area (Å²) in [6.45, 7) is 4.44. The molecule has 4 heteroatoms. The second kappa shape index (κ2) is 35.2. The second-order valence-corrected chi connectivity index (χ2v) is 13.1. The zero-order chi connectivity index (χ0) is 31.5. The van der Waals surface area contributed by atoms with Crippen LogP contribution < -0.4 is 0 Å². The molecule has 0 aliphatic carbocycles. The highest BCUT2D eigenvalue weighted by molar-refractivity contribution is 5.69. The van der Waals surface area contributed by atoms with Crippen molar-refractivity contribution in [2.75, 3.05) is 0 Å². The Labute approximate surface area is 268 Å². The lowest BCUT2D eigenvalue weighted by Gasteiger charge is -2.17. The molecule has 0 aromatic heterocycles. The monoisotopic (exact) mass is 607 g/mol. The SMILES string of the molecule is CCCC/C=C\CCCCCCCCC(=O)OC(CCC)CCCCCCCCCCCCCCCCCCCC(=O)O. The zero-order valence-corrected chi connectivity index (χ0v) is 29.0. The van der Waals surface area contributed by atoms with Crippen molar-refractivity contribution in [3.05, 3.63) is 12.2 Å². The van der Waals surface area contributed by atoms with Crippen molar-refractivity contribution in [3.63, 3.8) is 0 Å². The number of carboxylic acid groups (broad SMARTS) is 1. The Hall–Kier alpha value is -1.32. The third-order valence-corrected chi connectivity index (χ3v) is 8.72. The number of hydrogen-bond donors (Lipinski definition) is 1. The van der Waals surface area contributed by atoms with E-state index in [4.69, 9.17) is 9.84 Å². The Bertz CT molecular complexity index is 614. The fourth-order valence-electron chi connectivity index (χ4n) is 5.93. The molecule has 0 aromatic carbocycles. The first-order chi connectivity index (χ1) is 21.1.